The molecule has 8 heteroatoms. The summed E-state index contributed by atoms with van der Waals surface area (Å²) in [5.74, 6) is -0.934. The minimum atomic E-state index is -4.81. The van der Waals surface area contributed by atoms with Crippen LogP contribution < -0.4 is 11.1 Å². The first-order valence-electron chi connectivity index (χ1n) is 8.66. The van der Waals surface area contributed by atoms with Crippen molar-refractivity contribution in [2.75, 3.05) is 19.6 Å². The van der Waals surface area contributed by atoms with Crippen LogP contribution in [-0.4, -0.2) is 48.6 Å². The molecule has 2 amide bonds. The Balaban J connectivity index is 1.42. The van der Waals surface area contributed by atoms with E-state index < -0.39 is 12.1 Å². The van der Waals surface area contributed by atoms with E-state index in [1.165, 1.54) is 0 Å². The first kappa shape index (κ1) is 17.5. The fraction of sp³-hybridized carbons (Fsp3) is 0.875. The molecule has 1 heterocycles. The summed E-state index contributed by atoms with van der Waals surface area (Å²) in [6, 6.07) is -0.0602. The predicted molar refractivity (Wildman–Crippen MR) is 80.7 cm³/mol. The smallest absolute Gasteiger partial charge is 0.356 e. The number of hydrogen-bond acceptors (Lipinski definition) is 3. The molecule has 2 saturated carbocycles. The summed E-state index contributed by atoms with van der Waals surface area (Å²) in [5, 5.41) is 2.94. The van der Waals surface area contributed by atoms with Gasteiger partial charge in [-0.3, -0.25) is 9.59 Å². The molecule has 0 aromatic carbocycles. The number of nitrogens with one attached hydrogen (secondary N) is 1. The maximum absolute atomic E-state index is 12.4. The standard InChI is InChI=1S/C16H24F3N3O2/c17-16(18,19)15(24)22-5-3-9(4-6-22)8-21-14(23)12-10-1-2-11(7-10)13(12)20/h9-13H,1-8,20H2,(H,21,23). The number of likely N-dealkylation sites (tertiary alicyclic amines) is 1. The molecule has 2 aliphatic carbocycles. The van der Waals surface area contributed by atoms with Crippen LogP contribution in [0.4, 0.5) is 13.2 Å². The number of amides is 2. The Labute approximate surface area is 139 Å². The molecule has 136 valence electrons. The zero-order chi connectivity index (χ0) is 17.5. The monoisotopic (exact) mass is 347 g/mol. The highest BCUT2D eigenvalue weighted by molar-refractivity contribution is 5.82. The van der Waals surface area contributed by atoms with Gasteiger partial charge in [0.1, 0.15) is 0 Å². The van der Waals surface area contributed by atoms with Crippen molar-refractivity contribution in [3.63, 3.8) is 0 Å². The van der Waals surface area contributed by atoms with E-state index in [-0.39, 0.29) is 36.9 Å². The van der Waals surface area contributed by atoms with Crippen molar-refractivity contribution < 1.29 is 22.8 Å². The molecular formula is C16H24F3N3O2. The molecule has 3 aliphatic rings. The van der Waals surface area contributed by atoms with Crippen LogP contribution in [-0.2, 0) is 9.59 Å². The van der Waals surface area contributed by atoms with Gasteiger partial charge in [-0.15, -0.1) is 0 Å². The van der Waals surface area contributed by atoms with Gasteiger partial charge >= 0.3 is 12.1 Å². The van der Waals surface area contributed by atoms with E-state index >= 15 is 0 Å². The second-order valence-electron chi connectivity index (χ2n) is 7.41. The highest BCUT2D eigenvalue weighted by Crippen LogP contribution is 2.47. The summed E-state index contributed by atoms with van der Waals surface area (Å²) in [6.07, 6.45) is -0.637. The molecule has 3 rings (SSSR count). The Morgan fingerprint density at radius 3 is 2.25 bits per heavy atom. The molecule has 0 aromatic heterocycles. The average Bonchev–Trinajstić information content (AvgIpc) is 3.12. The number of halogens is 3. The molecule has 24 heavy (non-hydrogen) atoms. The van der Waals surface area contributed by atoms with Crippen LogP contribution in [0.5, 0.6) is 0 Å². The number of hydrogen-bond donors (Lipinski definition) is 2. The number of fused-ring (bicyclic) bond motifs is 2. The van der Waals surface area contributed by atoms with Crippen LogP contribution in [0.15, 0.2) is 0 Å². The highest BCUT2D eigenvalue weighted by Gasteiger charge is 2.49. The van der Waals surface area contributed by atoms with E-state index in [1.54, 1.807) is 0 Å². The summed E-state index contributed by atoms with van der Waals surface area (Å²) in [6.45, 7) is 0.631. The minimum Gasteiger partial charge on any atom is -0.356 e. The highest BCUT2D eigenvalue weighted by atomic mass is 19.4. The van der Waals surface area contributed by atoms with Gasteiger partial charge in [-0.05, 0) is 49.9 Å². The van der Waals surface area contributed by atoms with Crippen molar-refractivity contribution in [2.45, 2.75) is 44.3 Å². The summed E-state index contributed by atoms with van der Waals surface area (Å²) >= 11 is 0. The van der Waals surface area contributed by atoms with E-state index in [4.69, 9.17) is 5.73 Å². The fourth-order valence-corrected chi connectivity index (χ4v) is 4.61. The van der Waals surface area contributed by atoms with Crippen molar-refractivity contribution in [1.29, 1.82) is 0 Å². The number of carbonyl (C=O) groups excluding carboxylic acids is 2. The molecule has 1 saturated heterocycles. The summed E-state index contributed by atoms with van der Waals surface area (Å²) in [7, 11) is 0. The largest absolute Gasteiger partial charge is 0.471 e. The Kier molecular flexibility index (Phi) is 4.77. The van der Waals surface area contributed by atoms with Crippen LogP contribution in [0.3, 0.4) is 0 Å². The third kappa shape index (κ3) is 3.38. The molecule has 5 nitrogen and oxygen atoms in total. The molecule has 4 atom stereocenters. The van der Waals surface area contributed by atoms with Crippen molar-refractivity contribution in [3.05, 3.63) is 0 Å². The van der Waals surface area contributed by atoms with Gasteiger partial charge < -0.3 is 16.0 Å². The Hall–Kier alpha value is -1.31. The van der Waals surface area contributed by atoms with E-state index in [0.29, 0.717) is 31.2 Å². The van der Waals surface area contributed by atoms with Gasteiger partial charge in [-0.25, -0.2) is 0 Å². The molecule has 0 aromatic rings. The Bertz CT molecular complexity index is 501. The van der Waals surface area contributed by atoms with Crippen molar-refractivity contribution in [1.82, 2.24) is 10.2 Å². The van der Waals surface area contributed by atoms with E-state index in [1.807, 2.05) is 0 Å². The lowest BCUT2D eigenvalue weighted by atomic mass is 9.84. The van der Waals surface area contributed by atoms with Gasteiger partial charge in [0.15, 0.2) is 0 Å². The van der Waals surface area contributed by atoms with Crippen LogP contribution in [0.2, 0.25) is 0 Å². The molecule has 3 N–H and O–H groups in total. The topological polar surface area (TPSA) is 75.4 Å². The normalized spacial score (nSPS) is 33.8. The van der Waals surface area contributed by atoms with Crippen LogP contribution in [0.25, 0.3) is 0 Å². The minimum absolute atomic E-state index is 0.0107. The third-order valence-electron chi connectivity index (χ3n) is 5.99. The SMILES string of the molecule is NC1C2CCC(C2)C1C(=O)NCC1CCN(C(=O)C(F)(F)F)CC1. The van der Waals surface area contributed by atoms with Crippen molar-refractivity contribution in [3.8, 4) is 0 Å². The third-order valence-corrected chi connectivity index (χ3v) is 5.99. The lowest BCUT2D eigenvalue weighted by molar-refractivity contribution is -0.186. The summed E-state index contributed by atoms with van der Waals surface area (Å²) in [5.41, 5.74) is 6.15. The van der Waals surface area contributed by atoms with Crippen LogP contribution in [0, 0.1) is 23.7 Å². The zero-order valence-corrected chi connectivity index (χ0v) is 13.5. The molecular weight excluding hydrogens is 323 g/mol. The molecule has 2 bridgehead atoms. The lowest BCUT2D eigenvalue weighted by Crippen LogP contribution is -2.48. The van der Waals surface area contributed by atoms with Crippen molar-refractivity contribution >= 4 is 11.8 Å². The number of nitrogens with two attached hydrogens (primary N) is 1. The van der Waals surface area contributed by atoms with Gasteiger partial charge in [0, 0.05) is 25.7 Å². The van der Waals surface area contributed by atoms with Gasteiger partial charge in [-0.1, -0.05) is 0 Å². The lowest BCUT2D eigenvalue weighted by Gasteiger charge is -2.33. The number of piperidine rings is 1. The predicted octanol–water partition coefficient (Wildman–Crippen LogP) is 1.28. The first-order chi connectivity index (χ1) is 11.3. The number of nitrogens with zero attached hydrogens (tertiary/aromatic N) is 1. The Morgan fingerprint density at radius 1 is 1.08 bits per heavy atom. The maximum Gasteiger partial charge on any atom is 0.471 e. The van der Waals surface area contributed by atoms with E-state index in [2.05, 4.69) is 5.32 Å². The summed E-state index contributed by atoms with van der Waals surface area (Å²) < 4.78 is 37.2. The quantitative estimate of drug-likeness (QED) is 0.807. The number of carbonyl (C=O) groups is 2. The fourth-order valence-electron chi connectivity index (χ4n) is 4.61. The van der Waals surface area contributed by atoms with Gasteiger partial charge in [0.05, 0.1) is 5.92 Å². The second kappa shape index (κ2) is 6.54. The van der Waals surface area contributed by atoms with Gasteiger partial charge in [-0.2, -0.15) is 13.2 Å². The molecule has 3 fully saturated rings. The maximum atomic E-state index is 12.4. The second-order valence-corrected chi connectivity index (χ2v) is 7.41. The zero-order valence-electron chi connectivity index (χ0n) is 13.5. The number of rotatable bonds is 3. The summed E-state index contributed by atoms with van der Waals surface area (Å²) in [4.78, 5) is 24.4. The van der Waals surface area contributed by atoms with Gasteiger partial charge in [0.2, 0.25) is 5.91 Å². The van der Waals surface area contributed by atoms with Gasteiger partial charge in [0.25, 0.3) is 0 Å². The van der Waals surface area contributed by atoms with Crippen LogP contribution >= 0.6 is 0 Å². The number of alkyl halides is 3. The molecule has 0 radical (unpaired) electrons. The Morgan fingerprint density at radius 2 is 1.71 bits per heavy atom. The van der Waals surface area contributed by atoms with Crippen LogP contribution in [0.1, 0.15) is 32.1 Å². The van der Waals surface area contributed by atoms with E-state index in [9.17, 15) is 22.8 Å². The molecule has 4 unspecified atom stereocenters. The van der Waals surface area contributed by atoms with E-state index in [0.717, 1.165) is 24.2 Å². The molecule has 1 aliphatic heterocycles. The average molecular weight is 347 g/mol. The van der Waals surface area contributed by atoms with Crippen molar-refractivity contribution in [2.24, 2.45) is 29.4 Å². The first-order valence-corrected chi connectivity index (χ1v) is 8.66. The molecule has 0 spiro atoms.